The zero-order chi connectivity index (χ0) is 27.5. The highest BCUT2D eigenvalue weighted by Gasteiger charge is 2.32. The van der Waals surface area contributed by atoms with Gasteiger partial charge >= 0.3 is 0 Å². The highest BCUT2D eigenvalue weighted by molar-refractivity contribution is 9.10. The average molecular weight is 601 g/mol. The van der Waals surface area contributed by atoms with E-state index in [2.05, 4.69) is 21.2 Å². The standard InChI is InChI=1S/C29H34BrN3O4S/c1-3-4-20-31-29(35)23(2)32(21-19-24-11-7-5-8-12-24)28(34)22-33(26-17-15-25(30)16-18-26)38(36,37)27-13-9-6-10-14-27/h5-18,23H,3-4,19-22H2,1-2H3,(H,31,35)/t23-/m0/s1. The van der Waals surface area contributed by atoms with Gasteiger partial charge in [0.05, 0.1) is 10.6 Å². The van der Waals surface area contributed by atoms with Crippen LogP contribution in [-0.4, -0.2) is 50.8 Å². The molecule has 7 nitrogen and oxygen atoms in total. The molecular formula is C29H34BrN3O4S. The Bertz CT molecular complexity index is 1290. The second-order valence-corrected chi connectivity index (χ2v) is 11.7. The fraction of sp³-hybridized carbons (Fsp3) is 0.310. The maximum Gasteiger partial charge on any atom is 0.264 e. The molecule has 202 valence electrons. The maximum atomic E-state index is 13.8. The van der Waals surface area contributed by atoms with Crippen LogP contribution in [0.4, 0.5) is 5.69 Å². The van der Waals surface area contributed by atoms with E-state index in [0.717, 1.165) is 27.2 Å². The first kappa shape index (κ1) is 29.4. The van der Waals surface area contributed by atoms with Gasteiger partial charge in [0.1, 0.15) is 12.6 Å². The van der Waals surface area contributed by atoms with Gasteiger partial charge in [-0.25, -0.2) is 8.42 Å². The first-order valence-electron chi connectivity index (χ1n) is 12.7. The van der Waals surface area contributed by atoms with Crippen molar-refractivity contribution in [2.45, 2.75) is 44.0 Å². The Labute approximate surface area is 234 Å². The van der Waals surface area contributed by atoms with Gasteiger partial charge in [-0.1, -0.05) is 77.8 Å². The van der Waals surface area contributed by atoms with E-state index in [0.29, 0.717) is 18.7 Å². The van der Waals surface area contributed by atoms with Crippen molar-refractivity contribution in [1.82, 2.24) is 10.2 Å². The van der Waals surface area contributed by atoms with Crippen molar-refractivity contribution in [3.8, 4) is 0 Å². The van der Waals surface area contributed by atoms with E-state index in [1.165, 1.54) is 17.0 Å². The molecule has 0 aliphatic carbocycles. The molecular weight excluding hydrogens is 566 g/mol. The van der Waals surface area contributed by atoms with Crippen molar-refractivity contribution in [2.75, 3.05) is 23.9 Å². The third-order valence-electron chi connectivity index (χ3n) is 6.21. The predicted octanol–water partition coefficient (Wildman–Crippen LogP) is 5.02. The van der Waals surface area contributed by atoms with E-state index in [1.807, 2.05) is 37.3 Å². The summed E-state index contributed by atoms with van der Waals surface area (Å²) in [6.07, 6.45) is 2.30. The highest BCUT2D eigenvalue weighted by atomic mass is 79.9. The summed E-state index contributed by atoms with van der Waals surface area (Å²) in [6.45, 7) is 4.06. The minimum Gasteiger partial charge on any atom is -0.354 e. The monoisotopic (exact) mass is 599 g/mol. The number of nitrogens with zero attached hydrogens (tertiary/aromatic N) is 2. The number of carbonyl (C=O) groups excluding carboxylic acids is 2. The number of hydrogen-bond acceptors (Lipinski definition) is 4. The molecule has 3 aromatic rings. The van der Waals surface area contributed by atoms with E-state index in [4.69, 9.17) is 0 Å². The van der Waals surface area contributed by atoms with Crippen LogP contribution in [0.5, 0.6) is 0 Å². The summed E-state index contributed by atoms with van der Waals surface area (Å²) in [5.74, 6) is -0.720. The Morgan fingerprint density at radius 1 is 0.921 bits per heavy atom. The molecule has 2 amide bonds. The Morgan fingerprint density at radius 2 is 1.53 bits per heavy atom. The summed E-state index contributed by atoms with van der Waals surface area (Å²) in [5, 5.41) is 2.89. The molecule has 0 spiro atoms. The van der Waals surface area contributed by atoms with Gasteiger partial charge in [-0.15, -0.1) is 0 Å². The van der Waals surface area contributed by atoms with Crippen LogP contribution in [0.25, 0.3) is 0 Å². The van der Waals surface area contributed by atoms with Crippen LogP contribution < -0.4 is 9.62 Å². The van der Waals surface area contributed by atoms with Gasteiger partial charge in [-0.2, -0.15) is 0 Å². The predicted molar refractivity (Wildman–Crippen MR) is 154 cm³/mol. The zero-order valence-corrected chi connectivity index (χ0v) is 24.1. The molecule has 0 saturated carbocycles. The van der Waals surface area contributed by atoms with Gasteiger partial charge in [0.15, 0.2) is 0 Å². The van der Waals surface area contributed by atoms with Crippen molar-refractivity contribution in [2.24, 2.45) is 0 Å². The fourth-order valence-electron chi connectivity index (χ4n) is 3.96. The number of carbonyl (C=O) groups is 2. The first-order chi connectivity index (χ1) is 18.2. The summed E-state index contributed by atoms with van der Waals surface area (Å²) in [6, 6.07) is 23.7. The molecule has 0 aliphatic rings. The van der Waals surface area contributed by atoms with E-state index < -0.39 is 28.5 Å². The van der Waals surface area contributed by atoms with Crippen LogP contribution in [0.3, 0.4) is 0 Å². The molecule has 1 N–H and O–H groups in total. The number of nitrogens with one attached hydrogen (secondary N) is 1. The number of amides is 2. The number of rotatable bonds is 13. The minimum atomic E-state index is -4.06. The van der Waals surface area contributed by atoms with E-state index in [1.54, 1.807) is 49.4 Å². The van der Waals surface area contributed by atoms with Crippen molar-refractivity contribution < 1.29 is 18.0 Å². The largest absolute Gasteiger partial charge is 0.354 e. The van der Waals surface area contributed by atoms with Crippen LogP contribution >= 0.6 is 15.9 Å². The molecule has 38 heavy (non-hydrogen) atoms. The number of benzene rings is 3. The third kappa shape index (κ3) is 7.91. The maximum absolute atomic E-state index is 13.8. The second kappa shape index (κ2) is 14.1. The van der Waals surface area contributed by atoms with Crippen LogP contribution in [0.15, 0.2) is 94.3 Å². The lowest BCUT2D eigenvalue weighted by Gasteiger charge is -2.32. The number of anilines is 1. The number of sulfonamides is 1. The van der Waals surface area contributed by atoms with Gasteiger partial charge in [-0.05, 0) is 61.7 Å². The molecule has 0 saturated heterocycles. The van der Waals surface area contributed by atoms with Gasteiger partial charge < -0.3 is 10.2 Å². The molecule has 0 heterocycles. The molecule has 0 fully saturated rings. The quantitative estimate of drug-likeness (QED) is 0.279. The Hall–Kier alpha value is -3.17. The van der Waals surface area contributed by atoms with Crippen molar-refractivity contribution in [3.63, 3.8) is 0 Å². The van der Waals surface area contributed by atoms with Crippen LogP contribution in [0.2, 0.25) is 0 Å². The van der Waals surface area contributed by atoms with Crippen molar-refractivity contribution in [1.29, 1.82) is 0 Å². The number of hydrogen-bond donors (Lipinski definition) is 1. The first-order valence-corrected chi connectivity index (χ1v) is 14.9. The van der Waals surface area contributed by atoms with Crippen LogP contribution in [0.1, 0.15) is 32.3 Å². The fourth-order valence-corrected chi connectivity index (χ4v) is 5.66. The summed E-state index contributed by atoms with van der Waals surface area (Å²) in [7, 11) is -4.06. The van der Waals surface area contributed by atoms with Crippen molar-refractivity contribution in [3.05, 3.63) is 95.0 Å². The molecule has 0 aromatic heterocycles. The molecule has 1 atom stereocenters. The molecule has 3 rings (SSSR count). The summed E-state index contributed by atoms with van der Waals surface area (Å²) in [4.78, 5) is 28.3. The molecule has 0 bridgehead atoms. The second-order valence-electron chi connectivity index (χ2n) is 8.94. The van der Waals surface area contributed by atoms with Crippen LogP contribution in [-0.2, 0) is 26.0 Å². The highest BCUT2D eigenvalue weighted by Crippen LogP contribution is 2.25. The summed E-state index contributed by atoms with van der Waals surface area (Å²) >= 11 is 3.38. The molecule has 0 radical (unpaired) electrons. The third-order valence-corrected chi connectivity index (χ3v) is 8.52. The van der Waals surface area contributed by atoms with Gasteiger partial charge in [0.2, 0.25) is 11.8 Å². The molecule has 0 aliphatic heterocycles. The molecule has 0 unspecified atom stereocenters. The summed E-state index contributed by atoms with van der Waals surface area (Å²) in [5.41, 5.74) is 1.37. The number of unbranched alkanes of at least 4 members (excludes halogenated alkanes) is 1. The average Bonchev–Trinajstić information content (AvgIpc) is 2.93. The Balaban J connectivity index is 1.92. The van der Waals surface area contributed by atoms with E-state index >= 15 is 0 Å². The van der Waals surface area contributed by atoms with E-state index in [9.17, 15) is 18.0 Å². The topological polar surface area (TPSA) is 86.8 Å². The van der Waals surface area contributed by atoms with Gasteiger partial charge in [0.25, 0.3) is 10.0 Å². The molecule has 3 aromatic carbocycles. The normalized spacial score (nSPS) is 12.0. The Kier molecular flexibility index (Phi) is 10.9. The summed E-state index contributed by atoms with van der Waals surface area (Å²) < 4.78 is 29.3. The molecule has 9 heteroatoms. The van der Waals surface area contributed by atoms with Crippen LogP contribution in [0, 0.1) is 0 Å². The zero-order valence-electron chi connectivity index (χ0n) is 21.7. The Morgan fingerprint density at radius 3 is 2.13 bits per heavy atom. The minimum absolute atomic E-state index is 0.0805. The lowest BCUT2D eigenvalue weighted by Crippen LogP contribution is -2.52. The number of halogens is 1. The lowest BCUT2D eigenvalue weighted by atomic mass is 10.1. The smallest absolute Gasteiger partial charge is 0.264 e. The lowest BCUT2D eigenvalue weighted by molar-refractivity contribution is -0.138. The van der Waals surface area contributed by atoms with Gasteiger partial charge in [-0.3, -0.25) is 13.9 Å². The SMILES string of the molecule is CCCCNC(=O)[C@H](C)N(CCc1ccccc1)C(=O)CN(c1ccc(Br)cc1)S(=O)(=O)c1ccccc1. The van der Waals surface area contributed by atoms with E-state index in [-0.39, 0.29) is 17.3 Å². The van der Waals surface area contributed by atoms with Crippen molar-refractivity contribution >= 4 is 43.5 Å². The van der Waals surface area contributed by atoms with Gasteiger partial charge in [0, 0.05) is 17.6 Å².